The van der Waals surface area contributed by atoms with Gasteiger partial charge in [-0.15, -0.1) is 0 Å². The van der Waals surface area contributed by atoms with Crippen molar-refractivity contribution in [2.24, 2.45) is 0 Å². The fourth-order valence-corrected chi connectivity index (χ4v) is 4.38. The highest BCUT2D eigenvalue weighted by Gasteiger charge is 2.21. The summed E-state index contributed by atoms with van der Waals surface area (Å²) >= 11 is 3.45. The molecule has 0 bridgehead atoms. The van der Waals surface area contributed by atoms with Gasteiger partial charge in [-0.25, -0.2) is 18.0 Å². The van der Waals surface area contributed by atoms with Gasteiger partial charge in [0.25, 0.3) is 0 Å². The van der Waals surface area contributed by atoms with E-state index in [4.69, 9.17) is 4.74 Å². The van der Waals surface area contributed by atoms with Crippen molar-refractivity contribution in [2.45, 2.75) is 20.1 Å². The molecule has 4 aromatic rings. The number of halogens is 6. The van der Waals surface area contributed by atoms with E-state index in [1.54, 1.807) is 41.8 Å². The van der Waals surface area contributed by atoms with Crippen molar-refractivity contribution < 1.29 is 41.3 Å². The monoisotopic (exact) mass is 581 g/mol. The number of rotatable bonds is 8. The van der Waals surface area contributed by atoms with Crippen molar-refractivity contribution in [3.05, 3.63) is 99.4 Å². The first-order chi connectivity index (χ1) is 17.6. The van der Waals surface area contributed by atoms with Crippen molar-refractivity contribution in [2.75, 3.05) is 0 Å². The van der Waals surface area contributed by atoms with E-state index < -0.39 is 53.5 Å². The van der Waals surface area contributed by atoms with E-state index in [1.165, 1.54) is 12.1 Å². The third-order valence-corrected chi connectivity index (χ3v) is 6.11. The van der Waals surface area contributed by atoms with Gasteiger partial charge in [-0.05, 0) is 65.3 Å². The van der Waals surface area contributed by atoms with E-state index in [1.807, 2.05) is 0 Å². The van der Waals surface area contributed by atoms with Crippen molar-refractivity contribution in [3.8, 4) is 28.4 Å². The van der Waals surface area contributed by atoms with Crippen LogP contribution in [0.1, 0.15) is 21.6 Å². The van der Waals surface area contributed by atoms with Gasteiger partial charge in [0.1, 0.15) is 41.1 Å². The number of alkyl halides is 2. The molecule has 0 radical (unpaired) electrons. The molecule has 0 amide bonds. The van der Waals surface area contributed by atoms with Crippen LogP contribution in [0.25, 0.3) is 16.9 Å². The Morgan fingerprint density at radius 3 is 2.35 bits per heavy atom. The molecular formula is C26H17BrF5NO4. The second-order valence-corrected chi connectivity index (χ2v) is 8.66. The number of aromatic carboxylic acids is 1. The topological polar surface area (TPSA) is 60.7 Å². The molecule has 37 heavy (non-hydrogen) atoms. The molecule has 0 fully saturated rings. The predicted octanol–water partition coefficient (Wildman–Crippen LogP) is 7.51. The third kappa shape index (κ3) is 5.46. The van der Waals surface area contributed by atoms with Crippen molar-refractivity contribution in [3.63, 3.8) is 0 Å². The molecule has 1 N–H and O–H groups in total. The number of carboxylic acid groups (broad SMARTS) is 1. The molecule has 1 heterocycles. The van der Waals surface area contributed by atoms with Crippen LogP contribution in [0.15, 0.2) is 65.1 Å². The number of carbonyl (C=O) groups is 1. The van der Waals surface area contributed by atoms with Crippen molar-refractivity contribution >= 4 is 21.9 Å². The van der Waals surface area contributed by atoms with E-state index in [-0.39, 0.29) is 5.75 Å². The maximum Gasteiger partial charge on any atom is 0.387 e. The summed E-state index contributed by atoms with van der Waals surface area (Å²) in [6, 6.07) is 13.2. The summed E-state index contributed by atoms with van der Waals surface area (Å²) in [6.45, 7) is -2.00. The molecule has 3 aromatic carbocycles. The predicted molar refractivity (Wildman–Crippen MR) is 128 cm³/mol. The van der Waals surface area contributed by atoms with Gasteiger partial charge in [0.05, 0.1) is 16.8 Å². The zero-order chi connectivity index (χ0) is 26.9. The van der Waals surface area contributed by atoms with Gasteiger partial charge in [-0.1, -0.05) is 6.07 Å². The summed E-state index contributed by atoms with van der Waals surface area (Å²) in [5.41, 5.74) is 1.02. The number of carboxylic acids is 1. The highest BCUT2D eigenvalue weighted by molar-refractivity contribution is 9.10. The maximum atomic E-state index is 14.1. The zero-order valence-corrected chi connectivity index (χ0v) is 20.5. The normalized spacial score (nSPS) is 11.1. The van der Waals surface area contributed by atoms with Crippen LogP contribution < -0.4 is 9.47 Å². The molecule has 5 nitrogen and oxygen atoms in total. The number of hydrogen-bond donors (Lipinski definition) is 1. The number of benzene rings is 3. The summed E-state index contributed by atoms with van der Waals surface area (Å²) in [7, 11) is 0. The van der Waals surface area contributed by atoms with E-state index in [9.17, 15) is 31.9 Å². The summed E-state index contributed by atoms with van der Waals surface area (Å²) in [4.78, 5) is 11.7. The summed E-state index contributed by atoms with van der Waals surface area (Å²) in [5.74, 6) is -4.99. The van der Waals surface area contributed by atoms with Crippen LogP contribution in [-0.4, -0.2) is 22.3 Å². The summed E-state index contributed by atoms with van der Waals surface area (Å²) in [5, 5.41) is 9.54. The second-order valence-electron chi connectivity index (χ2n) is 7.81. The first-order valence-electron chi connectivity index (χ1n) is 10.6. The van der Waals surface area contributed by atoms with Crippen molar-refractivity contribution in [1.29, 1.82) is 0 Å². The molecule has 0 atom stereocenters. The molecular weight excluding hydrogens is 565 g/mol. The molecule has 0 spiro atoms. The molecule has 0 aliphatic carbocycles. The van der Waals surface area contributed by atoms with Crippen LogP contribution in [0.3, 0.4) is 0 Å². The van der Waals surface area contributed by atoms with Crippen LogP contribution in [-0.2, 0) is 6.61 Å². The SMILES string of the molecule is Cc1ccc(-c2c(Br)cccc2OCc2c(F)cc(F)cc2F)n1-c1ccc(OC(F)F)c(C(=O)O)c1. The number of nitrogens with zero attached hydrogens (tertiary/aromatic N) is 1. The van der Waals surface area contributed by atoms with Gasteiger partial charge in [-0.2, -0.15) is 8.78 Å². The standard InChI is InChI=1S/C26H17BrF5NO4/c1-13-5-7-21(33(13)15-6-8-22(37-26(31)32)16(11-15)25(34)35)24-18(27)3-2-4-23(24)36-12-17-19(29)9-14(28)10-20(17)30/h2-11,26H,12H2,1H3,(H,34,35). The minimum absolute atomic E-state index is 0.216. The first-order valence-corrected chi connectivity index (χ1v) is 11.4. The number of aromatic nitrogens is 1. The first kappa shape index (κ1) is 26.2. The highest BCUT2D eigenvalue weighted by atomic mass is 79.9. The summed E-state index contributed by atoms with van der Waals surface area (Å²) < 4.78 is 79.3. The Morgan fingerprint density at radius 2 is 1.70 bits per heavy atom. The summed E-state index contributed by atoms with van der Waals surface area (Å²) in [6.07, 6.45) is 0. The Kier molecular flexibility index (Phi) is 7.53. The van der Waals surface area contributed by atoms with E-state index in [0.717, 1.165) is 6.07 Å². The van der Waals surface area contributed by atoms with Gasteiger partial charge in [-0.3, -0.25) is 0 Å². The van der Waals surface area contributed by atoms with E-state index in [2.05, 4.69) is 20.7 Å². The van der Waals surface area contributed by atoms with Gasteiger partial charge >= 0.3 is 12.6 Å². The lowest BCUT2D eigenvalue weighted by Crippen LogP contribution is -2.09. The average molecular weight is 582 g/mol. The fraction of sp³-hybridized carbons (Fsp3) is 0.115. The molecule has 0 aliphatic rings. The van der Waals surface area contributed by atoms with Crippen LogP contribution in [0.4, 0.5) is 22.0 Å². The Labute approximate surface area is 215 Å². The molecule has 0 saturated heterocycles. The van der Waals surface area contributed by atoms with Gasteiger partial charge in [0, 0.05) is 28.0 Å². The average Bonchev–Trinajstić information content (AvgIpc) is 3.19. The minimum atomic E-state index is -3.21. The van der Waals surface area contributed by atoms with Crippen LogP contribution >= 0.6 is 15.9 Å². The Morgan fingerprint density at radius 1 is 1.00 bits per heavy atom. The molecule has 0 saturated carbocycles. The van der Waals surface area contributed by atoms with E-state index >= 15 is 0 Å². The van der Waals surface area contributed by atoms with Crippen molar-refractivity contribution in [1.82, 2.24) is 4.57 Å². The quantitative estimate of drug-likeness (QED) is 0.219. The molecule has 0 unspecified atom stereocenters. The maximum absolute atomic E-state index is 14.1. The zero-order valence-electron chi connectivity index (χ0n) is 18.9. The number of aryl methyl sites for hydroxylation is 1. The van der Waals surface area contributed by atoms with Gasteiger partial charge < -0.3 is 19.1 Å². The van der Waals surface area contributed by atoms with Gasteiger partial charge in [0.2, 0.25) is 0 Å². The lowest BCUT2D eigenvalue weighted by Gasteiger charge is -2.18. The Hall–Kier alpha value is -3.86. The van der Waals surface area contributed by atoms with Crippen LogP contribution in [0.2, 0.25) is 0 Å². The molecule has 4 rings (SSSR count). The lowest BCUT2D eigenvalue weighted by molar-refractivity contribution is -0.0503. The van der Waals surface area contributed by atoms with Gasteiger partial charge in [0.15, 0.2) is 0 Å². The second kappa shape index (κ2) is 10.6. The number of ether oxygens (including phenoxy) is 2. The molecule has 11 heteroatoms. The smallest absolute Gasteiger partial charge is 0.387 e. The molecule has 0 aliphatic heterocycles. The lowest BCUT2D eigenvalue weighted by atomic mass is 10.1. The highest BCUT2D eigenvalue weighted by Crippen LogP contribution is 2.40. The number of hydrogen-bond acceptors (Lipinski definition) is 3. The van der Waals surface area contributed by atoms with Crippen LogP contribution in [0, 0.1) is 24.4 Å². The molecule has 1 aromatic heterocycles. The van der Waals surface area contributed by atoms with E-state index in [0.29, 0.717) is 39.2 Å². The minimum Gasteiger partial charge on any atom is -0.488 e. The third-order valence-electron chi connectivity index (χ3n) is 5.45. The fourth-order valence-electron chi connectivity index (χ4n) is 3.83. The molecule has 192 valence electrons. The Bertz CT molecular complexity index is 1470. The van der Waals surface area contributed by atoms with Crippen LogP contribution in [0.5, 0.6) is 11.5 Å². The Balaban J connectivity index is 1.79. The largest absolute Gasteiger partial charge is 0.488 e.